The molecule has 0 bridgehead atoms. The number of anilines is 2. The average molecular weight is 532 g/mol. The summed E-state index contributed by atoms with van der Waals surface area (Å²) in [4.78, 5) is 52.3. The molecule has 3 amide bonds. The number of aromatic nitrogens is 2. The van der Waals surface area contributed by atoms with Crippen molar-refractivity contribution < 1.29 is 14.4 Å². The molecule has 35 heavy (non-hydrogen) atoms. The van der Waals surface area contributed by atoms with Gasteiger partial charge in [0.25, 0.3) is 11.5 Å². The molecule has 1 aliphatic heterocycles. The van der Waals surface area contributed by atoms with E-state index < -0.39 is 11.5 Å². The maximum Gasteiger partial charge on any atom is 0.273 e. The average Bonchev–Trinajstić information content (AvgIpc) is 3.29. The van der Waals surface area contributed by atoms with Gasteiger partial charge in [0.15, 0.2) is 0 Å². The van der Waals surface area contributed by atoms with Gasteiger partial charge in [-0.1, -0.05) is 53.0 Å². The van der Waals surface area contributed by atoms with E-state index in [2.05, 4.69) is 10.4 Å². The fraction of sp³-hybridized carbons (Fsp3) is 0.167. The largest absolute Gasteiger partial charge is 0.307 e. The number of nitrogens with one attached hydrogen (secondary N) is 2. The number of amides is 3. The second kappa shape index (κ2) is 9.03. The maximum atomic E-state index is 12.9. The van der Waals surface area contributed by atoms with E-state index in [-0.39, 0.29) is 50.8 Å². The first kappa shape index (κ1) is 23.4. The summed E-state index contributed by atoms with van der Waals surface area (Å²) < 4.78 is 1.09. The molecule has 1 fully saturated rings. The first-order chi connectivity index (χ1) is 16.7. The predicted octanol–water partition coefficient (Wildman–Crippen LogP) is 4.83. The third-order valence-electron chi connectivity index (χ3n) is 6.05. The van der Waals surface area contributed by atoms with Crippen molar-refractivity contribution in [2.24, 2.45) is 11.8 Å². The van der Waals surface area contributed by atoms with Crippen LogP contribution in [0.5, 0.6) is 0 Å². The molecule has 1 aliphatic carbocycles. The number of hydrogen-bond acceptors (Lipinski definition) is 4. The van der Waals surface area contributed by atoms with Crippen LogP contribution in [0.4, 0.5) is 11.5 Å². The van der Waals surface area contributed by atoms with E-state index in [0.29, 0.717) is 23.6 Å². The molecule has 11 heteroatoms. The number of hydrogen-bond donors (Lipinski definition) is 2. The molecule has 1 saturated heterocycles. The molecule has 3 aromatic rings. The van der Waals surface area contributed by atoms with Crippen molar-refractivity contribution in [1.29, 1.82) is 0 Å². The predicted molar refractivity (Wildman–Crippen MR) is 134 cm³/mol. The molecule has 2 heterocycles. The van der Waals surface area contributed by atoms with Crippen molar-refractivity contribution in [2.45, 2.75) is 12.8 Å². The van der Waals surface area contributed by atoms with Crippen LogP contribution in [-0.4, -0.2) is 27.5 Å². The van der Waals surface area contributed by atoms with E-state index in [4.69, 9.17) is 34.8 Å². The fourth-order valence-corrected chi connectivity index (χ4v) is 5.40. The van der Waals surface area contributed by atoms with Crippen LogP contribution in [-0.2, 0) is 9.59 Å². The quantitative estimate of drug-likeness (QED) is 0.371. The number of fused-ring (bicyclic) bond motifs is 1. The zero-order valence-corrected chi connectivity index (χ0v) is 20.2. The number of nitrogens with zero attached hydrogens (tertiary/aromatic N) is 2. The molecule has 0 spiro atoms. The lowest BCUT2D eigenvalue weighted by Crippen LogP contribution is -2.31. The van der Waals surface area contributed by atoms with Crippen molar-refractivity contribution in [1.82, 2.24) is 9.78 Å². The van der Waals surface area contributed by atoms with E-state index in [1.54, 1.807) is 18.2 Å². The highest BCUT2D eigenvalue weighted by molar-refractivity contribution is 6.40. The van der Waals surface area contributed by atoms with Crippen molar-refractivity contribution >= 4 is 64.0 Å². The molecule has 0 unspecified atom stereocenters. The van der Waals surface area contributed by atoms with Crippen LogP contribution in [0.15, 0.2) is 59.4 Å². The molecule has 2 aromatic carbocycles. The monoisotopic (exact) mass is 530 g/mol. The Morgan fingerprint density at radius 3 is 2.17 bits per heavy atom. The molecule has 2 atom stereocenters. The smallest absolute Gasteiger partial charge is 0.273 e. The third-order valence-corrected chi connectivity index (χ3v) is 6.84. The highest BCUT2D eigenvalue weighted by Gasteiger charge is 2.47. The molecule has 178 valence electrons. The minimum atomic E-state index is -0.549. The molecule has 2 aliphatic rings. The van der Waals surface area contributed by atoms with Gasteiger partial charge in [-0.15, -0.1) is 0 Å². The van der Waals surface area contributed by atoms with Gasteiger partial charge >= 0.3 is 0 Å². The zero-order valence-electron chi connectivity index (χ0n) is 17.9. The number of carbonyl (C=O) groups is 3. The number of benzene rings is 2. The Labute approximate surface area is 214 Å². The summed E-state index contributed by atoms with van der Waals surface area (Å²) in [7, 11) is 0. The van der Waals surface area contributed by atoms with Crippen LogP contribution in [0.2, 0.25) is 15.1 Å². The molecule has 2 N–H and O–H groups in total. The van der Waals surface area contributed by atoms with Crippen LogP contribution in [0.3, 0.4) is 0 Å². The van der Waals surface area contributed by atoms with Crippen molar-refractivity contribution in [3.8, 4) is 5.69 Å². The Morgan fingerprint density at radius 2 is 1.54 bits per heavy atom. The van der Waals surface area contributed by atoms with E-state index >= 15 is 0 Å². The van der Waals surface area contributed by atoms with Gasteiger partial charge in [0.1, 0.15) is 11.5 Å². The number of imide groups is 1. The highest BCUT2D eigenvalue weighted by Crippen LogP contribution is 2.38. The Balaban J connectivity index is 1.39. The first-order valence-corrected chi connectivity index (χ1v) is 11.8. The van der Waals surface area contributed by atoms with Gasteiger partial charge in [-0.3, -0.25) is 29.2 Å². The lowest BCUT2D eigenvalue weighted by atomic mass is 9.85. The van der Waals surface area contributed by atoms with Gasteiger partial charge in [0, 0.05) is 16.7 Å². The topological polar surface area (TPSA) is 104 Å². The fourth-order valence-electron chi connectivity index (χ4n) is 4.41. The summed E-state index contributed by atoms with van der Waals surface area (Å²) in [5, 5.41) is 5.96. The molecular formula is C24H17Cl3N4O4. The normalized spacial score (nSPS) is 19.2. The van der Waals surface area contributed by atoms with Crippen LogP contribution < -0.4 is 15.8 Å². The molecule has 1 aromatic heterocycles. The van der Waals surface area contributed by atoms with Gasteiger partial charge in [-0.05, 0) is 43.2 Å². The van der Waals surface area contributed by atoms with Crippen LogP contribution in [0.1, 0.15) is 23.2 Å². The lowest BCUT2D eigenvalue weighted by molar-refractivity contribution is -0.122. The molecular weight excluding hydrogens is 515 g/mol. The van der Waals surface area contributed by atoms with Crippen molar-refractivity contribution in [2.75, 3.05) is 10.2 Å². The Hall–Kier alpha value is -3.33. The molecule has 5 rings (SSSR count). The minimum Gasteiger partial charge on any atom is -0.307 e. The standard InChI is InChI=1S/C24H17Cl3N4O4/c25-13-9-17(26)21(18(27)10-13)31-20(32)11-19(29-31)28-22(33)12-4-3-5-14(8-12)30-23(34)15-6-1-2-7-16(15)24(30)35/h1-5,8-11,15-16,29H,6-7H2,(H,28,33)/t15-,16-/m1/s1. The molecule has 0 radical (unpaired) electrons. The van der Waals surface area contributed by atoms with E-state index in [1.807, 2.05) is 12.2 Å². The van der Waals surface area contributed by atoms with Gasteiger partial charge in [-0.2, -0.15) is 0 Å². The lowest BCUT2D eigenvalue weighted by Gasteiger charge is -2.15. The van der Waals surface area contributed by atoms with Gasteiger partial charge in [0.2, 0.25) is 11.8 Å². The number of carbonyl (C=O) groups excluding carboxylic acids is 3. The summed E-state index contributed by atoms with van der Waals surface area (Å²) >= 11 is 18.3. The second-order valence-electron chi connectivity index (χ2n) is 8.23. The van der Waals surface area contributed by atoms with E-state index in [1.165, 1.54) is 24.3 Å². The van der Waals surface area contributed by atoms with Crippen LogP contribution >= 0.6 is 34.8 Å². The maximum absolute atomic E-state index is 12.9. The highest BCUT2D eigenvalue weighted by atomic mass is 35.5. The van der Waals surface area contributed by atoms with Gasteiger partial charge in [-0.25, -0.2) is 4.68 Å². The molecule has 0 saturated carbocycles. The first-order valence-electron chi connectivity index (χ1n) is 10.7. The van der Waals surface area contributed by atoms with E-state index in [9.17, 15) is 19.2 Å². The summed E-state index contributed by atoms with van der Waals surface area (Å²) in [6.45, 7) is 0. The number of rotatable bonds is 4. The summed E-state index contributed by atoms with van der Waals surface area (Å²) in [6, 6.07) is 10.3. The zero-order chi connectivity index (χ0) is 24.9. The SMILES string of the molecule is O=C(Nc1cc(=O)n(-c2c(Cl)cc(Cl)cc2Cl)[nH]1)c1cccc(N2C(=O)[C@@H]3CC=CC[C@H]3C2=O)c1. The molecule has 8 nitrogen and oxygen atoms in total. The Bertz CT molecular complexity index is 1430. The Morgan fingerprint density at radius 1 is 0.914 bits per heavy atom. The Kier molecular flexibility index (Phi) is 6.04. The number of aromatic amines is 1. The summed E-state index contributed by atoms with van der Waals surface area (Å²) in [6.07, 6.45) is 4.88. The van der Waals surface area contributed by atoms with Crippen LogP contribution in [0.25, 0.3) is 5.69 Å². The number of H-pyrrole nitrogens is 1. The third kappa shape index (κ3) is 4.18. The van der Waals surface area contributed by atoms with Gasteiger partial charge < -0.3 is 5.32 Å². The van der Waals surface area contributed by atoms with Crippen molar-refractivity contribution in [3.05, 3.63) is 85.6 Å². The minimum absolute atomic E-state index is 0.0953. The van der Waals surface area contributed by atoms with Crippen molar-refractivity contribution in [3.63, 3.8) is 0 Å². The van der Waals surface area contributed by atoms with Crippen LogP contribution in [0, 0.1) is 11.8 Å². The van der Waals surface area contributed by atoms with E-state index in [0.717, 1.165) is 9.58 Å². The van der Waals surface area contributed by atoms with Gasteiger partial charge in [0.05, 0.1) is 27.6 Å². The number of halogens is 3. The second-order valence-corrected chi connectivity index (χ2v) is 9.48. The summed E-state index contributed by atoms with van der Waals surface area (Å²) in [5.74, 6) is -1.73. The number of allylic oxidation sites excluding steroid dienone is 2. The summed E-state index contributed by atoms with van der Waals surface area (Å²) in [5.41, 5.74) is 0.206.